The monoisotopic (exact) mass is 568 g/mol. The van der Waals surface area contributed by atoms with Crippen molar-refractivity contribution >= 4 is 23.0 Å². The number of aliphatic hydroxyl groups excluding tert-OH is 1. The number of hydrogen-bond donors (Lipinski definition) is 3. The van der Waals surface area contributed by atoms with Crippen molar-refractivity contribution in [2.45, 2.75) is 43.6 Å². The average molecular weight is 569 g/mol. The number of nitrogens with two attached hydrogens (primary N) is 1. The minimum Gasteiger partial charge on any atom is -0.481 e. The van der Waals surface area contributed by atoms with Gasteiger partial charge in [-0.1, -0.05) is 18.7 Å². The van der Waals surface area contributed by atoms with Gasteiger partial charge in [0, 0.05) is 36.8 Å². The first kappa shape index (κ1) is 30.2. The standard InChI is InChI=1S/C30H34F2N4O5/c1-18(16-40-17-27(33)38)30-24(34-12-3-4-19-14-21(31)5-6-22(19)32)7-9-26(41-30)25(37)15-20-11-13-35-23-8-10-28(39-2)36-29(20)23/h3-6,8,10-11,13-14,24-26,30,34,37H,1,7,9,12,15-17H2,2H3,(H2,33,38)/b4-3+/t24-,25+,26+,30-/m1/s1. The van der Waals surface area contributed by atoms with Crippen LogP contribution in [0.2, 0.25) is 0 Å². The lowest BCUT2D eigenvalue weighted by atomic mass is 9.90. The van der Waals surface area contributed by atoms with E-state index in [2.05, 4.69) is 21.9 Å². The highest BCUT2D eigenvalue weighted by Crippen LogP contribution is 2.28. The molecule has 41 heavy (non-hydrogen) atoms. The number of carbonyl (C=O) groups excluding carboxylic acids is 1. The summed E-state index contributed by atoms with van der Waals surface area (Å²) in [5.41, 5.74) is 8.03. The number of benzene rings is 1. The minimum absolute atomic E-state index is 0.0393. The SMILES string of the molecule is C=C(COCC(N)=O)[C@H]1O[C@H]([C@@H](O)Cc2ccnc3ccc(OC)nc23)CC[C@H]1NC/C=C/c1cc(F)ccc1F. The Morgan fingerprint density at radius 3 is 2.88 bits per heavy atom. The van der Waals surface area contributed by atoms with E-state index in [0.717, 1.165) is 23.8 Å². The van der Waals surface area contributed by atoms with Gasteiger partial charge >= 0.3 is 0 Å². The summed E-state index contributed by atoms with van der Waals surface area (Å²) in [6.45, 7) is 4.22. The fourth-order valence-corrected chi connectivity index (χ4v) is 4.83. The summed E-state index contributed by atoms with van der Waals surface area (Å²) in [6, 6.07) is 8.41. The van der Waals surface area contributed by atoms with E-state index in [4.69, 9.17) is 19.9 Å². The van der Waals surface area contributed by atoms with Gasteiger partial charge in [0.2, 0.25) is 11.8 Å². The van der Waals surface area contributed by atoms with Crippen molar-refractivity contribution in [1.29, 1.82) is 0 Å². The molecule has 2 aromatic heterocycles. The Bertz CT molecular complexity index is 1400. The Morgan fingerprint density at radius 1 is 1.27 bits per heavy atom. The van der Waals surface area contributed by atoms with Gasteiger partial charge < -0.3 is 30.4 Å². The van der Waals surface area contributed by atoms with Crippen molar-refractivity contribution in [3.05, 3.63) is 83.6 Å². The summed E-state index contributed by atoms with van der Waals surface area (Å²) >= 11 is 0. The number of carbonyl (C=O) groups is 1. The Kier molecular flexibility index (Phi) is 10.5. The van der Waals surface area contributed by atoms with E-state index in [1.807, 2.05) is 12.1 Å². The second-order valence-electron chi connectivity index (χ2n) is 9.84. The molecular formula is C30H34F2N4O5. The van der Waals surface area contributed by atoms with E-state index >= 15 is 0 Å². The first-order valence-electron chi connectivity index (χ1n) is 13.3. The maximum atomic E-state index is 13.9. The van der Waals surface area contributed by atoms with E-state index in [1.165, 1.54) is 13.2 Å². The zero-order valence-corrected chi connectivity index (χ0v) is 22.8. The number of nitrogens with one attached hydrogen (secondary N) is 1. The number of aliphatic hydroxyl groups is 1. The zero-order chi connectivity index (χ0) is 29.4. The second-order valence-corrected chi connectivity index (χ2v) is 9.84. The molecule has 4 atom stereocenters. The maximum absolute atomic E-state index is 13.9. The zero-order valence-electron chi connectivity index (χ0n) is 22.8. The van der Waals surface area contributed by atoms with Gasteiger partial charge in [-0.2, -0.15) is 0 Å². The third-order valence-electron chi connectivity index (χ3n) is 6.85. The van der Waals surface area contributed by atoms with Gasteiger partial charge in [0.05, 0.1) is 43.1 Å². The van der Waals surface area contributed by atoms with Crippen LogP contribution in [0.3, 0.4) is 0 Å². The lowest BCUT2D eigenvalue weighted by Crippen LogP contribution is -2.51. The summed E-state index contributed by atoms with van der Waals surface area (Å²) in [5, 5.41) is 14.6. The highest BCUT2D eigenvalue weighted by atomic mass is 19.1. The predicted octanol–water partition coefficient (Wildman–Crippen LogP) is 3.10. The highest BCUT2D eigenvalue weighted by molar-refractivity contribution is 5.78. The molecule has 1 saturated heterocycles. The van der Waals surface area contributed by atoms with E-state index in [9.17, 15) is 18.7 Å². The van der Waals surface area contributed by atoms with Crippen LogP contribution in [0.1, 0.15) is 24.0 Å². The first-order chi connectivity index (χ1) is 19.7. The van der Waals surface area contributed by atoms with E-state index in [1.54, 1.807) is 18.3 Å². The number of hydrogen-bond acceptors (Lipinski definition) is 8. The molecule has 0 saturated carbocycles. The van der Waals surface area contributed by atoms with Crippen LogP contribution in [0.4, 0.5) is 8.78 Å². The Hall–Kier alpha value is -3.77. The quantitative estimate of drug-likeness (QED) is 0.269. The smallest absolute Gasteiger partial charge is 0.243 e. The molecule has 9 nitrogen and oxygen atoms in total. The molecule has 1 fully saturated rings. The fraction of sp³-hybridized carbons (Fsp3) is 0.367. The number of amides is 1. The van der Waals surface area contributed by atoms with Crippen LogP contribution in [0, 0.1) is 11.6 Å². The second kappa shape index (κ2) is 14.2. The van der Waals surface area contributed by atoms with E-state index in [-0.39, 0.29) is 31.2 Å². The number of halogens is 2. The summed E-state index contributed by atoms with van der Waals surface area (Å²) in [7, 11) is 1.54. The molecular weight excluding hydrogens is 534 g/mol. The van der Waals surface area contributed by atoms with Gasteiger partial charge in [0.25, 0.3) is 0 Å². The Labute approximate surface area is 237 Å². The molecule has 0 radical (unpaired) electrons. The minimum atomic E-state index is -0.854. The molecule has 0 spiro atoms. The van der Waals surface area contributed by atoms with Crippen molar-refractivity contribution in [3.8, 4) is 5.88 Å². The van der Waals surface area contributed by atoms with Gasteiger partial charge in [0.1, 0.15) is 18.2 Å². The molecule has 0 unspecified atom stereocenters. The number of pyridine rings is 2. The van der Waals surface area contributed by atoms with Gasteiger partial charge in [0.15, 0.2) is 0 Å². The molecule has 1 aromatic carbocycles. The maximum Gasteiger partial charge on any atom is 0.243 e. The number of aromatic nitrogens is 2. The molecule has 11 heteroatoms. The Morgan fingerprint density at radius 2 is 2.10 bits per heavy atom. The molecule has 0 aliphatic carbocycles. The van der Waals surface area contributed by atoms with Crippen molar-refractivity contribution in [1.82, 2.24) is 15.3 Å². The van der Waals surface area contributed by atoms with Crippen molar-refractivity contribution < 1.29 is 32.9 Å². The third kappa shape index (κ3) is 8.14. The van der Waals surface area contributed by atoms with Crippen LogP contribution in [0.25, 0.3) is 17.1 Å². The molecule has 3 aromatic rings. The molecule has 218 valence electrons. The van der Waals surface area contributed by atoms with E-state index < -0.39 is 35.9 Å². The van der Waals surface area contributed by atoms with Crippen molar-refractivity contribution in [2.75, 3.05) is 26.9 Å². The molecule has 0 bridgehead atoms. The average Bonchev–Trinajstić information content (AvgIpc) is 2.96. The highest BCUT2D eigenvalue weighted by Gasteiger charge is 2.36. The molecule has 1 amide bonds. The van der Waals surface area contributed by atoms with Crippen LogP contribution in [-0.2, 0) is 20.7 Å². The van der Waals surface area contributed by atoms with E-state index in [0.29, 0.717) is 41.9 Å². The number of ether oxygens (including phenoxy) is 3. The fourth-order valence-electron chi connectivity index (χ4n) is 4.83. The van der Waals surface area contributed by atoms with Crippen LogP contribution in [0.15, 0.2) is 60.8 Å². The van der Waals surface area contributed by atoms with Gasteiger partial charge in [-0.05, 0) is 54.3 Å². The van der Waals surface area contributed by atoms with Crippen LogP contribution >= 0.6 is 0 Å². The van der Waals surface area contributed by atoms with Crippen LogP contribution in [0.5, 0.6) is 5.88 Å². The molecule has 4 rings (SSSR count). The van der Waals surface area contributed by atoms with Gasteiger partial charge in [-0.3, -0.25) is 9.78 Å². The largest absolute Gasteiger partial charge is 0.481 e. The van der Waals surface area contributed by atoms with Crippen molar-refractivity contribution in [3.63, 3.8) is 0 Å². The number of rotatable bonds is 13. The molecule has 1 aliphatic rings. The first-order valence-corrected chi connectivity index (χ1v) is 13.3. The number of fused-ring (bicyclic) bond motifs is 1. The lowest BCUT2D eigenvalue weighted by molar-refractivity contribution is -0.123. The predicted molar refractivity (Wildman–Crippen MR) is 150 cm³/mol. The number of primary amides is 1. The summed E-state index contributed by atoms with van der Waals surface area (Å²) in [4.78, 5) is 20.0. The number of methoxy groups -OCH3 is 1. The van der Waals surface area contributed by atoms with Gasteiger partial charge in [-0.15, -0.1) is 0 Å². The summed E-state index contributed by atoms with van der Waals surface area (Å²) in [5.74, 6) is -1.19. The van der Waals surface area contributed by atoms with Crippen LogP contribution < -0.4 is 15.8 Å². The van der Waals surface area contributed by atoms with Gasteiger partial charge in [-0.25, -0.2) is 13.8 Å². The summed E-state index contributed by atoms with van der Waals surface area (Å²) in [6.07, 6.45) is 4.40. The van der Waals surface area contributed by atoms with Crippen molar-refractivity contribution in [2.24, 2.45) is 5.73 Å². The topological polar surface area (TPSA) is 129 Å². The lowest BCUT2D eigenvalue weighted by Gasteiger charge is -2.39. The molecule has 4 N–H and O–H groups in total. The van der Waals surface area contributed by atoms with Crippen LogP contribution in [-0.4, -0.2) is 72.2 Å². The summed E-state index contributed by atoms with van der Waals surface area (Å²) < 4.78 is 44.4. The normalized spacial score (nSPS) is 19.9. The Balaban J connectivity index is 1.44. The molecule has 3 heterocycles. The molecule has 1 aliphatic heterocycles. The third-order valence-corrected chi connectivity index (χ3v) is 6.85. The number of nitrogens with zero attached hydrogens (tertiary/aromatic N) is 2.